The molecule has 108 valence electrons. The molecule has 1 aliphatic rings. The molecule has 2 atom stereocenters. The van der Waals surface area contributed by atoms with E-state index in [-0.39, 0.29) is 11.9 Å². The van der Waals surface area contributed by atoms with Gasteiger partial charge in [0.15, 0.2) is 0 Å². The van der Waals surface area contributed by atoms with Crippen LogP contribution in [0.15, 0.2) is 24.3 Å². The minimum absolute atomic E-state index is 0.0262. The van der Waals surface area contributed by atoms with Gasteiger partial charge in [0.1, 0.15) is 0 Å². The van der Waals surface area contributed by atoms with Crippen LogP contribution in [0.5, 0.6) is 0 Å². The van der Waals surface area contributed by atoms with Gasteiger partial charge < -0.3 is 10.0 Å². The topological polar surface area (TPSA) is 57.6 Å². The maximum Gasteiger partial charge on any atom is 0.308 e. The molecule has 0 aromatic heterocycles. The predicted octanol–water partition coefficient (Wildman–Crippen LogP) is 2.63. The molecule has 4 heteroatoms. The van der Waals surface area contributed by atoms with Crippen molar-refractivity contribution in [2.75, 3.05) is 7.05 Å². The Kier molecular flexibility index (Phi) is 4.42. The number of likely N-dealkylation sites (tertiary alicyclic amines) is 1. The van der Waals surface area contributed by atoms with Crippen LogP contribution in [0, 0.1) is 5.92 Å². The minimum atomic E-state index is -0.823. The Morgan fingerprint density at radius 3 is 2.55 bits per heavy atom. The van der Waals surface area contributed by atoms with Gasteiger partial charge in [-0.25, -0.2) is 0 Å². The summed E-state index contributed by atoms with van der Waals surface area (Å²) >= 11 is 0. The van der Waals surface area contributed by atoms with Gasteiger partial charge in [0.2, 0.25) is 5.91 Å². The Labute approximate surface area is 119 Å². The molecule has 0 spiro atoms. The molecule has 0 bridgehead atoms. The lowest BCUT2D eigenvalue weighted by atomic mass is 9.89. The van der Waals surface area contributed by atoms with Crippen LogP contribution in [0.1, 0.15) is 43.4 Å². The van der Waals surface area contributed by atoms with Gasteiger partial charge in [-0.3, -0.25) is 9.59 Å². The molecule has 1 amide bonds. The van der Waals surface area contributed by atoms with Crippen LogP contribution in [0.2, 0.25) is 0 Å². The number of aryl methyl sites for hydroxylation is 1. The number of nitrogens with zero attached hydrogens (tertiary/aromatic N) is 1. The van der Waals surface area contributed by atoms with E-state index in [1.807, 2.05) is 24.3 Å². The number of hydrogen-bond acceptors (Lipinski definition) is 2. The van der Waals surface area contributed by atoms with Crippen LogP contribution in [-0.2, 0) is 16.0 Å². The van der Waals surface area contributed by atoms with Crippen molar-refractivity contribution in [1.82, 2.24) is 4.90 Å². The highest BCUT2D eigenvalue weighted by molar-refractivity contribution is 5.79. The molecule has 1 aromatic carbocycles. The number of carbonyl (C=O) groups is 2. The molecule has 2 unspecified atom stereocenters. The van der Waals surface area contributed by atoms with Gasteiger partial charge in [0.25, 0.3) is 0 Å². The van der Waals surface area contributed by atoms with E-state index in [1.54, 1.807) is 11.9 Å². The number of carbonyl (C=O) groups excluding carboxylic acids is 1. The van der Waals surface area contributed by atoms with E-state index < -0.39 is 11.9 Å². The number of hydrogen-bond donors (Lipinski definition) is 1. The molecule has 0 radical (unpaired) electrons. The number of carboxylic acid groups (broad SMARTS) is 1. The molecule has 20 heavy (non-hydrogen) atoms. The van der Waals surface area contributed by atoms with Gasteiger partial charge in [-0.05, 0) is 30.4 Å². The third-order valence-electron chi connectivity index (χ3n) is 4.14. The van der Waals surface area contributed by atoms with Crippen molar-refractivity contribution in [2.45, 2.75) is 38.6 Å². The van der Waals surface area contributed by atoms with Crippen molar-refractivity contribution >= 4 is 11.9 Å². The van der Waals surface area contributed by atoms with E-state index in [4.69, 9.17) is 0 Å². The maximum absolute atomic E-state index is 12.0. The zero-order chi connectivity index (χ0) is 14.7. The molecular formula is C16H21NO3. The first kappa shape index (κ1) is 14.6. The summed E-state index contributed by atoms with van der Waals surface area (Å²) in [4.78, 5) is 25.2. The number of benzene rings is 1. The van der Waals surface area contributed by atoms with Crippen molar-refractivity contribution in [1.29, 1.82) is 0 Å². The monoisotopic (exact) mass is 275 g/mol. The molecule has 1 aliphatic heterocycles. The Balaban J connectivity index is 2.38. The highest BCUT2D eigenvalue weighted by Crippen LogP contribution is 2.35. The summed E-state index contributed by atoms with van der Waals surface area (Å²) in [7, 11) is 1.71. The fraction of sp³-hybridized carbons (Fsp3) is 0.500. The first-order valence-electron chi connectivity index (χ1n) is 7.12. The van der Waals surface area contributed by atoms with Crippen molar-refractivity contribution < 1.29 is 14.7 Å². The Morgan fingerprint density at radius 1 is 1.35 bits per heavy atom. The lowest BCUT2D eigenvalue weighted by Gasteiger charge is -2.30. The van der Waals surface area contributed by atoms with E-state index in [0.717, 1.165) is 12.0 Å². The average molecular weight is 275 g/mol. The van der Waals surface area contributed by atoms with Crippen LogP contribution < -0.4 is 0 Å². The molecule has 1 aromatic rings. The van der Waals surface area contributed by atoms with Crippen LogP contribution in [0.4, 0.5) is 0 Å². The lowest BCUT2D eigenvalue weighted by Crippen LogP contribution is -2.36. The van der Waals surface area contributed by atoms with E-state index in [2.05, 4.69) is 6.92 Å². The molecule has 1 N–H and O–H groups in total. The molecular weight excluding hydrogens is 254 g/mol. The van der Waals surface area contributed by atoms with E-state index in [0.29, 0.717) is 19.3 Å². The second kappa shape index (κ2) is 6.07. The minimum Gasteiger partial charge on any atom is -0.481 e. The van der Waals surface area contributed by atoms with Gasteiger partial charge in [-0.1, -0.05) is 31.2 Å². The van der Waals surface area contributed by atoms with E-state index in [1.165, 1.54) is 5.56 Å². The second-order valence-electron chi connectivity index (χ2n) is 5.38. The summed E-state index contributed by atoms with van der Waals surface area (Å²) in [6.07, 6.45) is 2.57. The fourth-order valence-corrected chi connectivity index (χ4v) is 2.90. The van der Waals surface area contributed by atoms with Crippen molar-refractivity contribution in [3.63, 3.8) is 0 Å². The third kappa shape index (κ3) is 2.84. The van der Waals surface area contributed by atoms with E-state index in [9.17, 15) is 14.7 Å². The maximum atomic E-state index is 12.0. The molecule has 1 saturated heterocycles. The Morgan fingerprint density at radius 2 is 2.00 bits per heavy atom. The van der Waals surface area contributed by atoms with Crippen LogP contribution in [-0.4, -0.2) is 28.9 Å². The van der Waals surface area contributed by atoms with Gasteiger partial charge in [-0.15, -0.1) is 0 Å². The number of amides is 1. The molecule has 0 saturated carbocycles. The summed E-state index contributed by atoms with van der Waals surface area (Å²) in [5.41, 5.74) is 2.12. The zero-order valence-electron chi connectivity index (χ0n) is 12.0. The number of aliphatic carboxylic acids is 1. The second-order valence-corrected chi connectivity index (χ2v) is 5.38. The van der Waals surface area contributed by atoms with E-state index >= 15 is 0 Å². The van der Waals surface area contributed by atoms with Crippen LogP contribution in [0.25, 0.3) is 0 Å². The summed E-state index contributed by atoms with van der Waals surface area (Å²) in [6.45, 7) is 2.08. The quantitative estimate of drug-likeness (QED) is 0.922. The summed E-state index contributed by atoms with van der Waals surface area (Å²) < 4.78 is 0. The largest absolute Gasteiger partial charge is 0.481 e. The smallest absolute Gasteiger partial charge is 0.308 e. The zero-order valence-corrected chi connectivity index (χ0v) is 12.0. The average Bonchev–Trinajstić information content (AvgIpc) is 2.59. The van der Waals surface area contributed by atoms with Gasteiger partial charge in [0.05, 0.1) is 12.0 Å². The summed E-state index contributed by atoms with van der Waals surface area (Å²) in [5, 5.41) is 9.46. The molecule has 2 rings (SSSR count). The highest BCUT2D eigenvalue weighted by Gasteiger charge is 2.36. The Hall–Kier alpha value is -1.84. The van der Waals surface area contributed by atoms with Crippen molar-refractivity contribution in [3.05, 3.63) is 35.4 Å². The summed E-state index contributed by atoms with van der Waals surface area (Å²) in [6, 6.07) is 7.56. The van der Waals surface area contributed by atoms with Crippen LogP contribution in [0.3, 0.4) is 0 Å². The van der Waals surface area contributed by atoms with Gasteiger partial charge in [0, 0.05) is 13.5 Å². The Bertz CT molecular complexity index is 495. The highest BCUT2D eigenvalue weighted by atomic mass is 16.4. The predicted molar refractivity (Wildman–Crippen MR) is 76.3 cm³/mol. The van der Waals surface area contributed by atoms with Crippen LogP contribution >= 0.6 is 0 Å². The number of rotatable bonds is 3. The first-order chi connectivity index (χ1) is 9.54. The molecule has 1 fully saturated rings. The fourth-order valence-electron chi connectivity index (χ4n) is 2.90. The normalized spacial score (nSPS) is 23.5. The third-order valence-corrected chi connectivity index (χ3v) is 4.14. The van der Waals surface area contributed by atoms with Gasteiger partial charge in [-0.2, -0.15) is 0 Å². The molecule has 0 aliphatic carbocycles. The molecule has 4 nitrogen and oxygen atoms in total. The van der Waals surface area contributed by atoms with Gasteiger partial charge >= 0.3 is 5.97 Å². The summed E-state index contributed by atoms with van der Waals surface area (Å²) in [5.74, 6) is -1.33. The SMILES string of the molecule is CCc1ccc(C2C(C(=O)O)CCCC(=O)N2C)cc1. The first-order valence-corrected chi connectivity index (χ1v) is 7.12. The van der Waals surface area contributed by atoms with Crippen molar-refractivity contribution in [2.24, 2.45) is 5.92 Å². The number of carboxylic acids is 1. The lowest BCUT2D eigenvalue weighted by molar-refractivity contribution is -0.145. The van der Waals surface area contributed by atoms with Crippen molar-refractivity contribution in [3.8, 4) is 0 Å². The standard InChI is InChI=1S/C16H21NO3/c1-3-11-7-9-12(10-8-11)15-13(16(19)20)5-4-6-14(18)17(15)2/h7-10,13,15H,3-6H2,1-2H3,(H,19,20). The molecule has 1 heterocycles.